The van der Waals surface area contributed by atoms with Gasteiger partial charge in [-0.3, -0.25) is 4.79 Å². The van der Waals surface area contributed by atoms with E-state index in [9.17, 15) is 13.6 Å². The summed E-state index contributed by atoms with van der Waals surface area (Å²) in [5, 5.41) is 8.39. The van der Waals surface area contributed by atoms with Gasteiger partial charge >= 0.3 is 0 Å². The van der Waals surface area contributed by atoms with Gasteiger partial charge in [0.2, 0.25) is 0 Å². The van der Waals surface area contributed by atoms with Crippen LogP contribution in [0.3, 0.4) is 0 Å². The van der Waals surface area contributed by atoms with Gasteiger partial charge in [0.1, 0.15) is 17.5 Å². The zero-order chi connectivity index (χ0) is 10.0. The Kier molecular flexibility index (Phi) is 2.28. The average Bonchev–Trinajstić information content (AvgIpc) is 2.02. The first-order valence-electron chi connectivity index (χ1n) is 3.27. The lowest BCUT2D eigenvalue weighted by atomic mass is 10.1. The molecule has 13 heavy (non-hydrogen) atoms. The molecule has 0 aromatic carbocycles. The van der Waals surface area contributed by atoms with E-state index < -0.39 is 23.1 Å². The molecule has 0 saturated carbocycles. The molecule has 1 rings (SSSR count). The number of halogens is 2. The first-order chi connectivity index (χ1) is 6.06. The highest BCUT2D eigenvalue weighted by Gasteiger charge is 2.16. The summed E-state index contributed by atoms with van der Waals surface area (Å²) in [6.07, 6.45) is -2.88. The van der Waals surface area contributed by atoms with Gasteiger partial charge < -0.3 is 10.7 Å². The second-order valence-electron chi connectivity index (χ2n) is 2.30. The Morgan fingerprint density at radius 3 is 2.69 bits per heavy atom. The van der Waals surface area contributed by atoms with Crippen molar-refractivity contribution in [1.29, 1.82) is 5.26 Å². The van der Waals surface area contributed by atoms with Crippen molar-refractivity contribution < 1.29 is 8.78 Å². The van der Waals surface area contributed by atoms with Crippen LogP contribution >= 0.6 is 0 Å². The van der Waals surface area contributed by atoms with E-state index in [1.54, 1.807) is 0 Å². The number of rotatable bonds is 1. The van der Waals surface area contributed by atoms with Crippen molar-refractivity contribution in [1.82, 2.24) is 4.98 Å². The monoisotopic (exact) mass is 185 g/mol. The van der Waals surface area contributed by atoms with Crippen LogP contribution in [-0.4, -0.2) is 4.98 Å². The lowest BCUT2D eigenvalue weighted by Gasteiger charge is -2.02. The van der Waals surface area contributed by atoms with Gasteiger partial charge in [0.05, 0.1) is 0 Å². The molecule has 6 heteroatoms. The molecule has 0 aliphatic rings. The number of pyridine rings is 1. The molecule has 0 spiro atoms. The maximum atomic E-state index is 12.2. The summed E-state index contributed by atoms with van der Waals surface area (Å²) in [4.78, 5) is 13.0. The van der Waals surface area contributed by atoms with Gasteiger partial charge in [-0.05, 0) is 6.07 Å². The Morgan fingerprint density at radius 2 is 2.23 bits per heavy atom. The van der Waals surface area contributed by atoms with Crippen LogP contribution in [0, 0.1) is 11.3 Å². The Hall–Kier alpha value is -1.90. The van der Waals surface area contributed by atoms with E-state index in [0.717, 1.165) is 6.07 Å². The lowest BCUT2D eigenvalue weighted by molar-refractivity contribution is 0.151. The molecule has 0 amide bonds. The Balaban J connectivity index is 3.50. The maximum absolute atomic E-state index is 12.2. The fourth-order valence-corrected chi connectivity index (χ4v) is 0.888. The third-order valence-corrected chi connectivity index (χ3v) is 1.43. The summed E-state index contributed by atoms with van der Waals surface area (Å²) in [5.41, 5.74) is 3.00. The molecule has 0 atom stereocenters. The highest BCUT2D eigenvalue weighted by molar-refractivity contribution is 5.43. The zero-order valence-electron chi connectivity index (χ0n) is 6.34. The number of nitrogen functional groups attached to an aromatic ring is 1. The molecule has 0 aliphatic carbocycles. The van der Waals surface area contributed by atoms with E-state index in [4.69, 9.17) is 11.0 Å². The van der Waals surface area contributed by atoms with Crippen LogP contribution in [0.4, 0.5) is 14.6 Å². The molecule has 4 nitrogen and oxygen atoms in total. The van der Waals surface area contributed by atoms with Crippen LogP contribution < -0.4 is 11.3 Å². The normalized spacial score (nSPS) is 10.0. The van der Waals surface area contributed by atoms with Crippen molar-refractivity contribution in [2.45, 2.75) is 6.43 Å². The Morgan fingerprint density at radius 1 is 1.62 bits per heavy atom. The number of alkyl halides is 2. The van der Waals surface area contributed by atoms with Gasteiger partial charge in [0.25, 0.3) is 12.0 Å². The fourth-order valence-electron chi connectivity index (χ4n) is 0.888. The summed E-state index contributed by atoms with van der Waals surface area (Å²) < 4.78 is 24.4. The molecule has 1 aromatic rings. The topological polar surface area (TPSA) is 82.7 Å². The first-order valence-corrected chi connectivity index (χ1v) is 3.27. The molecule has 0 unspecified atom stereocenters. The molecular formula is C7H5F2N3O. The molecule has 0 bridgehead atoms. The quantitative estimate of drug-likeness (QED) is 0.677. The van der Waals surface area contributed by atoms with Crippen LogP contribution in [0.15, 0.2) is 10.9 Å². The highest BCUT2D eigenvalue weighted by Crippen LogP contribution is 2.21. The smallest absolute Gasteiger partial charge is 0.267 e. The average molecular weight is 185 g/mol. The number of aromatic amines is 1. The number of nitrogens with two attached hydrogens (primary N) is 1. The molecular weight excluding hydrogens is 180 g/mol. The van der Waals surface area contributed by atoms with Crippen molar-refractivity contribution >= 4 is 5.82 Å². The van der Waals surface area contributed by atoms with Crippen LogP contribution in [0.5, 0.6) is 0 Å². The maximum Gasteiger partial charge on any atom is 0.267 e. The number of nitrogens with zero attached hydrogens (tertiary/aromatic N) is 1. The highest BCUT2D eigenvalue weighted by atomic mass is 19.3. The summed E-state index contributed by atoms with van der Waals surface area (Å²) >= 11 is 0. The Labute approximate surface area is 71.6 Å². The van der Waals surface area contributed by atoms with Gasteiger partial charge in [0, 0.05) is 5.56 Å². The molecule has 0 radical (unpaired) electrons. The third-order valence-electron chi connectivity index (χ3n) is 1.43. The van der Waals surface area contributed by atoms with E-state index in [1.807, 2.05) is 0 Å². The minimum atomic E-state index is -2.88. The number of hydrogen-bond acceptors (Lipinski definition) is 3. The summed E-state index contributed by atoms with van der Waals surface area (Å²) in [6.45, 7) is 0. The van der Waals surface area contributed by atoms with Crippen LogP contribution in [0.1, 0.15) is 17.6 Å². The number of aromatic nitrogens is 1. The minimum Gasteiger partial charge on any atom is -0.385 e. The van der Waals surface area contributed by atoms with E-state index in [1.165, 1.54) is 6.07 Å². The van der Waals surface area contributed by atoms with Gasteiger partial charge in [-0.2, -0.15) is 5.26 Å². The molecule has 1 heterocycles. The number of hydrogen-bond donors (Lipinski definition) is 2. The standard InChI is InChI=1S/C7H5F2N3O/c8-6(9)3-1-5(11)12-7(13)4(3)2-10/h1,6H,(H3,11,12,13). The fraction of sp³-hybridized carbons (Fsp3) is 0.143. The lowest BCUT2D eigenvalue weighted by Crippen LogP contribution is -2.15. The van der Waals surface area contributed by atoms with Crippen LogP contribution in [-0.2, 0) is 0 Å². The second kappa shape index (κ2) is 3.23. The van der Waals surface area contributed by atoms with E-state index >= 15 is 0 Å². The first kappa shape index (κ1) is 9.19. The number of anilines is 1. The minimum absolute atomic E-state index is 0.181. The van der Waals surface area contributed by atoms with Crippen molar-refractivity contribution in [3.8, 4) is 6.07 Å². The number of H-pyrrole nitrogens is 1. The van der Waals surface area contributed by atoms with Gasteiger partial charge in [-0.15, -0.1) is 0 Å². The van der Waals surface area contributed by atoms with Crippen molar-refractivity contribution in [3.05, 3.63) is 27.5 Å². The third kappa shape index (κ3) is 1.64. The largest absolute Gasteiger partial charge is 0.385 e. The molecule has 0 saturated heterocycles. The molecule has 68 valence electrons. The van der Waals surface area contributed by atoms with Crippen molar-refractivity contribution in [2.24, 2.45) is 0 Å². The Bertz CT molecular complexity index is 419. The van der Waals surface area contributed by atoms with Crippen molar-refractivity contribution in [3.63, 3.8) is 0 Å². The molecule has 0 fully saturated rings. The predicted molar refractivity (Wildman–Crippen MR) is 41.1 cm³/mol. The summed E-state index contributed by atoms with van der Waals surface area (Å²) in [7, 11) is 0. The second-order valence-corrected chi connectivity index (χ2v) is 2.30. The zero-order valence-corrected chi connectivity index (χ0v) is 6.34. The molecule has 0 aliphatic heterocycles. The number of nitriles is 1. The van der Waals surface area contributed by atoms with Crippen LogP contribution in [0.2, 0.25) is 0 Å². The van der Waals surface area contributed by atoms with E-state index in [-0.39, 0.29) is 5.82 Å². The van der Waals surface area contributed by atoms with Crippen LogP contribution in [0.25, 0.3) is 0 Å². The molecule has 3 N–H and O–H groups in total. The molecule has 1 aromatic heterocycles. The number of nitrogens with one attached hydrogen (secondary N) is 1. The van der Waals surface area contributed by atoms with Gasteiger partial charge in [-0.25, -0.2) is 8.78 Å². The van der Waals surface area contributed by atoms with E-state index in [2.05, 4.69) is 4.98 Å². The van der Waals surface area contributed by atoms with E-state index in [0.29, 0.717) is 0 Å². The predicted octanol–water partition coefficient (Wildman–Crippen LogP) is 0.766. The van der Waals surface area contributed by atoms with Gasteiger partial charge in [-0.1, -0.05) is 0 Å². The SMILES string of the molecule is N#Cc1c(C(F)F)cc(N)[nH]c1=O. The van der Waals surface area contributed by atoms with Gasteiger partial charge in [0.15, 0.2) is 0 Å². The summed E-state index contributed by atoms with van der Waals surface area (Å²) in [5.74, 6) is -0.181. The van der Waals surface area contributed by atoms with Crippen molar-refractivity contribution in [2.75, 3.05) is 5.73 Å². The summed E-state index contributed by atoms with van der Waals surface area (Å²) in [6, 6.07) is 2.27.